The second kappa shape index (κ2) is 4.54. The zero-order valence-corrected chi connectivity index (χ0v) is 8.34. The molecule has 0 aliphatic heterocycles. The lowest BCUT2D eigenvalue weighted by Gasteiger charge is -2.04. The van der Waals surface area contributed by atoms with Crippen LogP contribution in [0.3, 0.4) is 0 Å². The van der Waals surface area contributed by atoms with Crippen LogP contribution in [-0.4, -0.2) is 26.2 Å². The van der Waals surface area contributed by atoms with E-state index in [2.05, 4.69) is 20.5 Å². The lowest BCUT2D eigenvalue weighted by atomic mass is 10.2. The molecule has 16 heavy (non-hydrogen) atoms. The van der Waals surface area contributed by atoms with Gasteiger partial charge in [-0.05, 0) is 17.7 Å². The SMILES string of the molecule is O=C(Nc1cccc(CO)c1)c1ncn[nH]1. The second-order valence-electron chi connectivity index (χ2n) is 3.15. The molecule has 0 radical (unpaired) electrons. The number of nitrogens with zero attached hydrogens (tertiary/aromatic N) is 2. The van der Waals surface area contributed by atoms with Gasteiger partial charge in [0, 0.05) is 5.69 Å². The highest BCUT2D eigenvalue weighted by molar-refractivity contribution is 6.01. The number of anilines is 1. The first-order chi connectivity index (χ1) is 7.79. The maximum absolute atomic E-state index is 11.6. The predicted octanol–water partition coefficient (Wildman–Crippen LogP) is 0.549. The Labute approximate surface area is 91.3 Å². The van der Waals surface area contributed by atoms with Gasteiger partial charge >= 0.3 is 0 Å². The van der Waals surface area contributed by atoms with E-state index in [9.17, 15) is 4.79 Å². The molecule has 3 N–H and O–H groups in total. The van der Waals surface area contributed by atoms with Crippen molar-refractivity contribution >= 4 is 11.6 Å². The predicted molar refractivity (Wildman–Crippen MR) is 56.7 cm³/mol. The summed E-state index contributed by atoms with van der Waals surface area (Å²) in [5.41, 5.74) is 1.34. The molecule has 6 nitrogen and oxygen atoms in total. The largest absolute Gasteiger partial charge is 0.392 e. The van der Waals surface area contributed by atoms with E-state index in [1.807, 2.05) is 0 Å². The average Bonchev–Trinajstić information content (AvgIpc) is 2.83. The van der Waals surface area contributed by atoms with Crippen LogP contribution in [0.15, 0.2) is 30.6 Å². The van der Waals surface area contributed by atoms with Crippen LogP contribution in [0.1, 0.15) is 16.2 Å². The van der Waals surface area contributed by atoms with Crippen molar-refractivity contribution in [3.8, 4) is 0 Å². The number of aliphatic hydroxyl groups excluding tert-OH is 1. The number of rotatable bonds is 3. The molecule has 1 amide bonds. The minimum atomic E-state index is -0.368. The van der Waals surface area contributed by atoms with Crippen molar-refractivity contribution in [1.82, 2.24) is 15.2 Å². The standard InChI is InChI=1S/C10H10N4O2/c15-5-7-2-1-3-8(4-7)13-10(16)9-11-6-12-14-9/h1-4,6,15H,5H2,(H,13,16)(H,11,12,14). The van der Waals surface area contributed by atoms with Crippen molar-refractivity contribution in [3.63, 3.8) is 0 Å². The number of H-pyrrole nitrogens is 1. The first-order valence-corrected chi connectivity index (χ1v) is 4.66. The number of nitrogens with one attached hydrogen (secondary N) is 2. The molecule has 0 bridgehead atoms. The zero-order chi connectivity index (χ0) is 11.4. The number of aromatic nitrogens is 3. The topological polar surface area (TPSA) is 90.9 Å². The molecule has 2 aromatic rings. The third kappa shape index (κ3) is 2.23. The lowest BCUT2D eigenvalue weighted by molar-refractivity contribution is 0.101. The summed E-state index contributed by atoms with van der Waals surface area (Å²) < 4.78 is 0. The number of hydrogen-bond donors (Lipinski definition) is 3. The van der Waals surface area contributed by atoms with E-state index in [4.69, 9.17) is 5.11 Å². The Kier molecular flexibility index (Phi) is 2.93. The number of carbonyl (C=O) groups is 1. The van der Waals surface area contributed by atoms with Crippen molar-refractivity contribution in [1.29, 1.82) is 0 Å². The van der Waals surface area contributed by atoms with Crippen molar-refractivity contribution < 1.29 is 9.90 Å². The van der Waals surface area contributed by atoms with E-state index in [1.54, 1.807) is 24.3 Å². The summed E-state index contributed by atoms with van der Waals surface area (Å²) in [7, 11) is 0. The molecule has 0 fully saturated rings. The van der Waals surface area contributed by atoms with Gasteiger partial charge in [0.2, 0.25) is 5.82 Å². The Bertz CT molecular complexity index is 481. The molecule has 6 heteroatoms. The monoisotopic (exact) mass is 218 g/mol. The minimum Gasteiger partial charge on any atom is -0.392 e. The Morgan fingerprint density at radius 3 is 3.06 bits per heavy atom. The van der Waals surface area contributed by atoms with E-state index in [0.717, 1.165) is 5.56 Å². The molecule has 0 unspecified atom stereocenters. The smallest absolute Gasteiger partial charge is 0.292 e. The van der Waals surface area contributed by atoms with Crippen molar-refractivity contribution in [3.05, 3.63) is 42.0 Å². The summed E-state index contributed by atoms with van der Waals surface area (Å²) in [5, 5.41) is 17.6. The van der Waals surface area contributed by atoms with Crippen molar-refractivity contribution in [2.45, 2.75) is 6.61 Å². The van der Waals surface area contributed by atoms with Crippen LogP contribution in [0, 0.1) is 0 Å². The van der Waals surface area contributed by atoms with Gasteiger partial charge in [-0.25, -0.2) is 4.98 Å². The van der Waals surface area contributed by atoms with Gasteiger partial charge in [0.25, 0.3) is 5.91 Å². The van der Waals surface area contributed by atoms with Crippen LogP contribution < -0.4 is 5.32 Å². The van der Waals surface area contributed by atoms with Crippen LogP contribution >= 0.6 is 0 Å². The average molecular weight is 218 g/mol. The Balaban J connectivity index is 2.12. The number of hydrogen-bond acceptors (Lipinski definition) is 4. The summed E-state index contributed by atoms with van der Waals surface area (Å²) in [5.74, 6) is -0.220. The number of benzene rings is 1. The highest BCUT2D eigenvalue weighted by Gasteiger charge is 2.08. The van der Waals surface area contributed by atoms with Crippen LogP contribution in [0.2, 0.25) is 0 Å². The van der Waals surface area contributed by atoms with Gasteiger partial charge in [-0.1, -0.05) is 12.1 Å². The van der Waals surface area contributed by atoms with Crippen molar-refractivity contribution in [2.75, 3.05) is 5.32 Å². The fourth-order valence-electron chi connectivity index (χ4n) is 1.25. The molecule has 2 rings (SSSR count). The van der Waals surface area contributed by atoms with E-state index < -0.39 is 0 Å². The second-order valence-corrected chi connectivity index (χ2v) is 3.15. The molecule has 0 saturated carbocycles. The zero-order valence-electron chi connectivity index (χ0n) is 8.34. The summed E-state index contributed by atoms with van der Waals surface area (Å²) >= 11 is 0. The van der Waals surface area contributed by atoms with Gasteiger partial charge in [0.15, 0.2) is 0 Å². The molecule has 0 saturated heterocycles. The third-order valence-electron chi connectivity index (χ3n) is 2.00. The molecule has 1 aromatic carbocycles. The van der Waals surface area contributed by atoms with Crippen molar-refractivity contribution in [2.24, 2.45) is 0 Å². The fraction of sp³-hybridized carbons (Fsp3) is 0.100. The Morgan fingerprint density at radius 2 is 2.38 bits per heavy atom. The van der Waals surface area contributed by atoms with Crippen LogP contribution in [-0.2, 0) is 6.61 Å². The highest BCUT2D eigenvalue weighted by Crippen LogP contribution is 2.11. The van der Waals surface area contributed by atoms with Gasteiger partial charge in [0.05, 0.1) is 6.61 Å². The Hall–Kier alpha value is -2.21. The van der Waals surface area contributed by atoms with Gasteiger partial charge in [-0.2, -0.15) is 5.10 Å². The normalized spacial score (nSPS) is 10.1. The van der Waals surface area contributed by atoms with Gasteiger partial charge in [-0.15, -0.1) is 0 Å². The molecule has 1 heterocycles. The fourth-order valence-corrected chi connectivity index (χ4v) is 1.25. The Morgan fingerprint density at radius 1 is 1.50 bits per heavy atom. The van der Waals surface area contributed by atoms with Crippen LogP contribution in [0.4, 0.5) is 5.69 Å². The maximum atomic E-state index is 11.6. The molecule has 0 aliphatic rings. The summed E-state index contributed by atoms with van der Waals surface area (Å²) in [6.07, 6.45) is 1.26. The first-order valence-electron chi connectivity index (χ1n) is 4.66. The third-order valence-corrected chi connectivity index (χ3v) is 2.00. The minimum absolute atomic E-state index is 0.0635. The van der Waals surface area contributed by atoms with Crippen LogP contribution in [0.5, 0.6) is 0 Å². The molecule has 0 aliphatic carbocycles. The first kappa shape index (κ1) is 10.3. The van der Waals surface area contributed by atoms with E-state index >= 15 is 0 Å². The van der Waals surface area contributed by atoms with Crippen LogP contribution in [0.25, 0.3) is 0 Å². The quantitative estimate of drug-likeness (QED) is 0.701. The molecular weight excluding hydrogens is 208 g/mol. The summed E-state index contributed by atoms with van der Waals surface area (Å²) in [6, 6.07) is 6.94. The molecule has 1 aromatic heterocycles. The maximum Gasteiger partial charge on any atom is 0.292 e. The van der Waals surface area contributed by atoms with Gasteiger partial charge < -0.3 is 10.4 Å². The number of aliphatic hydroxyl groups is 1. The molecule has 0 spiro atoms. The highest BCUT2D eigenvalue weighted by atomic mass is 16.3. The van der Waals surface area contributed by atoms with E-state index in [0.29, 0.717) is 5.69 Å². The molecule has 0 atom stereocenters. The number of aromatic amines is 1. The molecular formula is C10H10N4O2. The van der Waals surface area contributed by atoms with Gasteiger partial charge in [-0.3, -0.25) is 9.89 Å². The lowest BCUT2D eigenvalue weighted by Crippen LogP contribution is -2.13. The molecule has 82 valence electrons. The number of amides is 1. The summed E-state index contributed by atoms with van der Waals surface area (Å²) in [6.45, 7) is -0.0635. The summed E-state index contributed by atoms with van der Waals surface area (Å²) in [4.78, 5) is 15.3. The van der Waals surface area contributed by atoms with E-state index in [-0.39, 0.29) is 18.3 Å². The number of carbonyl (C=O) groups excluding carboxylic acids is 1. The van der Waals surface area contributed by atoms with Gasteiger partial charge in [0.1, 0.15) is 6.33 Å². The van der Waals surface area contributed by atoms with E-state index in [1.165, 1.54) is 6.33 Å².